The maximum atomic E-state index is 6.07. The molecule has 1 aromatic carbocycles. The van der Waals surface area contributed by atoms with Crippen LogP contribution in [0.25, 0.3) is 0 Å². The molecule has 0 amide bonds. The Morgan fingerprint density at radius 2 is 1.65 bits per heavy atom. The summed E-state index contributed by atoms with van der Waals surface area (Å²) in [5.41, 5.74) is 3.11. The monoisotopic (exact) mass is 356 g/mol. The number of methoxy groups -OCH3 is 1. The van der Waals surface area contributed by atoms with Crippen molar-refractivity contribution in [2.45, 2.75) is 77.2 Å². The number of benzene rings is 1. The molecule has 4 rings (SSSR count). The minimum Gasteiger partial charge on any atom is -0.497 e. The van der Waals surface area contributed by atoms with Gasteiger partial charge in [0, 0.05) is 6.61 Å². The SMILES string of the molecule is CCCOC1CCC2CC(C3CCc4cc(OC)ccc4C3)CCC2C1. The van der Waals surface area contributed by atoms with E-state index >= 15 is 0 Å². The molecule has 144 valence electrons. The molecule has 26 heavy (non-hydrogen) atoms. The largest absolute Gasteiger partial charge is 0.497 e. The van der Waals surface area contributed by atoms with Crippen LogP contribution in [0.1, 0.15) is 69.4 Å². The lowest BCUT2D eigenvalue weighted by Crippen LogP contribution is -2.37. The maximum absolute atomic E-state index is 6.07. The number of ether oxygens (including phenoxy) is 2. The van der Waals surface area contributed by atoms with Gasteiger partial charge in [0.2, 0.25) is 0 Å². The molecule has 3 aliphatic carbocycles. The molecule has 5 atom stereocenters. The summed E-state index contributed by atoms with van der Waals surface area (Å²) in [4.78, 5) is 0. The van der Waals surface area contributed by atoms with Gasteiger partial charge in [0.15, 0.2) is 0 Å². The van der Waals surface area contributed by atoms with Gasteiger partial charge in [0.05, 0.1) is 13.2 Å². The van der Waals surface area contributed by atoms with Gasteiger partial charge in [0.25, 0.3) is 0 Å². The summed E-state index contributed by atoms with van der Waals surface area (Å²) in [5, 5.41) is 0. The molecule has 3 aliphatic rings. The second kappa shape index (κ2) is 8.33. The zero-order valence-electron chi connectivity index (χ0n) is 16.7. The molecule has 0 aliphatic heterocycles. The lowest BCUT2D eigenvalue weighted by molar-refractivity contribution is -0.0236. The first-order valence-electron chi connectivity index (χ1n) is 11.0. The topological polar surface area (TPSA) is 18.5 Å². The van der Waals surface area contributed by atoms with E-state index in [1.54, 1.807) is 12.7 Å². The number of hydrogen-bond acceptors (Lipinski definition) is 2. The van der Waals surface area contributed by atoms with Crippen molar-refractivity contribution in [3.8, 4) is 5.75 Å². The molecule has 5 unspecified atom stereocenters. The number of hydrogen-bond donors (Lipinski definition) is 0. The third-order valence-electron chi connectivity index (χ3n) is 7.51. The van der Waals surface area contributed by atoms with Crippen LogP contribution in [0.5, 0.6) is 5.75 Å². The summed E-state index contributed by atoms with van der Waals surface area (Å²) < 4.78 is 11.5. The summed E-state index contributed by atoms with van der Waals surface area (Å²) in [6, 6.07) is 6.73. The minimum absolute atomic E-state index is 0.560. The van der Waals surface area contributed by atoms with Crippen molar-refractivity contribution in [3.63, 3.8) is 0 Å². The first-order valence-corrected chi connectivity index (χ1v) is 11.0. The number of fused-ring (bicyclic) bond motifs is 2. The number of aryl methyl sites for hydroxylation is 1. The molecule has 0 bridgehead atoms. The Kier molecular flexibility index (Phi) is 5.88. The van der Waals surface area contributed by atoms with Crippen LogP contribution < -0.4 is 4.74 Å². The highest BCUT2D eigenvalue weighted by molar-refractivity contribution is 5.37. The summed E-state index contributed by atoms with van der Waals surface area (Å²) in [6.07, 6.45) is 14.1. The van der Waals surface area contributed by atoms with Gasteiger partial charge in [-0.15, -0.1) is 0 Å². The average Bonchev–Trinajstić information content (AvgIpc) is 2.70. The van der Waals surface area contributed by atoms with Crippen molar-refractivity contribution in [3.05, 3.63) is 29.3 Å². The van der Waals surface area contributed by atoms with Crippen LogP contribution >= 0.6 is 0 Å². The van der Waals surface area contributed by atoms with Gasteiger partial charge in [-0.2, -0.15) is 0 Å². The quantitative estimate of drug-likeness (QED) is 0.662. The molecule has 2 saturated carbocycles. The Hall–Kier alpha value is -1.02. The molecule has 2 nitrogen and oxygen atoms in total. The fourth-order valence-electron chi connectivity index (χ4n) is 6.04. The van der Waals surface area contributed by atoms with Crippen molar-refractivity contribution in [1.29, 1.82) is 0 Å². The van der Waals surface area contributed by atoms with E-state index in [1.807, 2.05) is 0 Å². The van der Waals surface area contributed by atoms with Crippen molar-refractivity contribution in [2.24, 2.45) is 23.7 Å². The molecule has 2 fully saturated rings. The second-order valence-corrected chi connectivity index (χ2v) is 9.04. The van der Waals surface area contributed by atoms with E-state index in [0.717, 1.165) is 42.4 Å². The van der Waals surface area contributed by atoms with Gasteiger partial charge >= 0.3 is 0 Å². The van der Waals surface area contributed by atoms with Gasteiger partial charge in [-0.25, -0.2) is 0 Å². The smallest absolute Gasteiger partial charge is 0.119 e. The Morgan fingerprint density at radius 1 is 0.885 bits per heavy atom. The molecule has 0 N–H and O–H groups in total. The predicted molar refractivity (Wildman–Crippen MR) is 107 cm³/mol. The summed E-state index contributed by atoms with van der Waals surface area (Å²) in [7, 11) is 1.77. The van der Waals surface area contributed by atoms with Crippen LogP contribution in [0.3, 0.4) is 0 Å². The highest BCUT2D eigenvalue weighted by atomic mass is 16.5. The van der Waals surface area contributed by atoms with Crippen LogP contribution in [0.4, 0.5) is 0 Å². The zero-order valence-corrected chi connectivity index (χ0v) is 16.7. The number of rotatable bonds is 5. The summed E-state index contributed by atoms with van der Waals surface area (Å²) in [5.74, 6) is 4.81. The first kappa shape index (κ1) is 18.3. The molecule has 0 saturated heterocycles. The third kappa shape index (κ3) is 3.96. The van der Waals surface area contributed by atoms with E-state index in [-0.39, 0.29) is 0 Å². The maximum Gasteiger partial charge on any atom is 0.119 e. The summed E-state index contributed by atoms with van der Waals surface area (Å²) in [6.45, 7) is 3.17. The van der Waals surface area contributed by atoms with E-state index in [4.69, 9.17) is 9.47 Å². The van der Waals surface area contributed by atoms with E-state index in [9.17, 15) is 0 Å². The fourth-order valence-corrected chi connectivity index (χ4v) is 6.04. The van der Waals surface area contributed by atoms with Crippen LogP contribution in [-0.2, 0) is 17.6 Å². The minimum atomic E-state index is 0.560. The summed E-state index contributed by atoms with van der Waals surface area (Å²) >= 11 is 0. The predicted octanol–water partition coefficient (Wildman–Crippen LogP) is 5.81. The third-order valence-corrected chi connectivity index (χ3v) is 7.51. The molecule has 0 spiro atoms. The normalized spacial score (nSPS) is 34.0. The molecule has 1 aromatic rings. The van der Waals surface area contributed by atoms with Crippen LogP contribution in [0.15, 0.2) is 18.2 Å². The van der Waals surface area contributed by atoms with E-state index in [0.29, 0.717) is 6.10 Å². The lowest BCUT2D eigenvalue weighted by Gasteiger charge is -2.45. The van der Waals surface area contributed by atoms with Crippen LogP contribution in [-0.4, -0.2) is 19.8 Å². The Balaban J connectivity index is 1.33. The van der Waals surface area contributed by atoms with Crippen molar-refractivity contribution < 1.29 is 9.47 Å². The molecule has 0 heterocycles. The second-order valence-electron chi connectivity index (χ2n) is 9.04. The zero-order chi connectivity index (χ0) is 17.9. The van der Waals surface area contributed by atoms with Gasteiger partial charge in [-0.05, 0) is 111 Å². The highest BCUT2D eigenvalue weighted by Crippen LogP contribution is 2.47. The standard InChI is InChI=1S/C24H36O2/c1-3-12-26-24-11-9-20-14-18(5-7-22(20)16-24)17-4-6-21-15-23(25-2)10-8-19(21)13-17/h8,10,15,17-18,20,22,24H,3-7,9,11-14,16H2,1-2H3. The van der Waals surface area contributed by atoms with Gasteiger partial charge in [-0.3, -0.25) is 0 Å². The van der Waals surface area contributed by atoms with E-state index in [2.05, 4.69) is 25.1 Å². The Labute approximate surface area is 159 Å². The lowest BCUT2D eigenvalue weighted by atomic mass is 9.62. The van der Waals surface area contributed by atoms with Crippen LogP contribution in [0, 0.1) is 23.7 Å². The fraction of sp³-hybridized carbons (Fsp3) is 0.750. The highest BCUT2D eigenvalue weighted by Gasteiger charge is 2.38. The van der Waals surface area contributed by atoms with Crippen molar-refractivity contribution >= 4 is 0 Å². The van der Waals surface area contributed by atoms with Crippen LogP contribution in [0.2, 0.25) is 0 Å². The Morgan fingerprint density at radius 3 is 2.46 bits per heavy atom. The van der Waals surface area contributed by atoms with Crippen molar-refractivity contribution in [1.82, 2.24) is 0 Å². The van der Waals surface area contributed by atoms with Gasteiger partial charge in [-0.1, -0.05) is 13.0 Å². The van der Waals surface area contributed by atoms with Crippen molar-refractivity contribution in [2.75, 3.05) is 13.7 Å². The molecule has 0 radical (unpaired) electrons. The molecule has 2 heteroatoms. The van der Waals surface area contributed by atoms with E-state index < -0.39 is 0 Å². The first-order chi connectivity index (χ1) is 12.8. The van der Waals surface area contributed by atoms with Gasteiger partial charge in [0.1, 0.15) is 5.75 Å². The van der Waals surface area contributed by atoms with Gasteiger partial charge < -0.3 is 9.47 Å². The molecular weight excluding hydrogens is 320 g/mol. The Bertz CT molecular complexity index is 596. The molecular formula is C24H36O2. The van der Waals surface area contributed by atoms with E-state index in [1.165, 1.54) is 63.4 Å². The average molecular weight is 357 g/mol. The molecule has 0 aromatic heterocycles.